The summed E-state index contributed by atoms with van der Waals surface area (Å²) in [7, 11) is 0. The summed E-state index contributed by atoms with van der Waals surface area (Å²) in [5, 5.41) is 4.19. The van der Waals surface area contributed by atoms with Crippen molar-refractivity contribution in [2.75, 3.05) is 4.90 Å². The van der Waals surface area contributed by atoms with E-state index in [-0.39, 0.29) is 17.6 Å². The zero-order chi connectivity index (χ0) is 20.8. The van der Waals surface area contributed by atoms with Gasteiger partial charge in [0.25, 0.3) is 17.7 Å². The Morgan fingerprint density at radius 3 is 2.47 bits per heavy atom. The Hall–Kier alpha value is -3.12. The largest absolute Gasteiger partial charge is 0.351 e. The van der Waals surface area contributed by atoms with Gasteiger partial charge < -0.3 is 5.32 Å². The first-order valence-corrected chi connectivity index (χ1v) is 10.5. The molecule has 3 aromatic rings. The van der Waals surface area contributed by atoms with Crippen LogP contribution >= 0.6 is 11.6 Å². The summed E-state index contributed by atoms with van der Waals surface area (Å²) in [4.78, 5) is 41.7. The van der Waals surface area contributed by atoms with Gasteiger partial charge >= 0.3 is 0 Å². The molecular formula is C23H20ClN3O3. The molecule has 2 amide bonds. The first kappa shape index (κ1) is 18.9. The number of carbonyl (C=O) groups is 3. The van der Waals surface area contributed by atoms with E-state index < -0.39 is 17.9 Å². The van der Waals surface area contributed by atoms with Crippen LogP contribution in [0.3, 0.4) is 0 Å². The summed E-state index contributed by atoms with van der Waals surface area (Å²) < 4.78 is 1.35. The second-order valence-corrected chi connectivity index (χ2v) is 8.25. The number of aromatic nitrogens is 1. The number of hydrogen-bond donors (Lipinski definition) is 1. The van der Waals surface area contributed by atoms with Gasteiger partial charge in [-0.3, -0.25) is 23.9 Å². The highest BCUT2D eigenvalue weighted by Gasteiger charge is 2.45. The molecule has 1 unspecified atom stereocenters. The summed E-state index contributed by atoms with van der Waals surface area (Å²) in [6.07, 6.45) is 3.89. The molecule has 1 atom stereocenters. The second-order valence-electron chi connectivity index (χ2n) is 7.81. The summed E-state index contributed by atoms with van der Waals surface area (Å²) >= 11 is 6.10. The second kappa shape index (κ2) is 7.29. The minimum atomic E-state index is -1.26. The third kappa shape index (κ3) is 2.99. The predicted octanol–water partition coefficient (Wildman–Crippen LogP) is 4.02. The van der Waals surface area contributed by atoms with Crippen LogP contribution in [-0.4, -0.2) is 34.4 Å². The number of anilines is 1. The van der Waals surface area contributed by atoms with Gasteiger partial charge in [0.05, 0.1) is 5.52 Å². The van der Waals surface area contributed by atoms with Crippen molar-refractivity contribution in [3.05, 3.63) is 65.3 Å². The standard InChI is InChI=1S/C23H20ClN3O3/c24-15-10-11-18-14(12-15)13-19-22(29)26(17-8-2-1-3-9-17)20(23(30)27(18)19)21(28)25-16-6-4-5-7-16/h1-3,8-13,16,20H,4-7H2,(H,25,28). The average Bonchev–Trinajstić information content (AvgIpc) is 3.38. The number of hydrogen-bond acceptors (Lipinski definition) is 3. The number of para-hydroxylation sites is 1. The third-order valence-electron chi connectivity index (χ3n) is 5.90. The van der Waals surface area contributed by atoms with Crippen molar-refractivity contribution >= 4 is 45.9 Å². The molecule has 5 rings (SSSR count). The highest BCUT2D eigenvalue weighted by Crippen LogP contribution is 2.32. The van der Waals surface area contributed by atoms with Gasteiger partial charge in [-0.25, -0.2) is 0 Å². The molecule has 2 aliphatic rings. The number of carbonyl (C=O) groups excluding carboxylic acids is 3. The Kier molecular flexibility index (Phi) is 4.59. The molecular weight excluding hydrogens is 402 g/mol. The van der Waals surface area contributed by atoms with Crippen LogP contribution in [0.15, 0.2) is 54.6 Å². The van der Waals surface area contributed by atoms with Crippen LogP contribution in [-0.2, 0) is 4.79 Å². The van der Waals surface area contributed by atoms with E-state index in [1.54, 1.807) is 48.5 Å². The third-order valence-corrected chi connectivity index (χ3v) is 6.13. The van der Waals surface area contributed by atoms with Crippen molar-refractivity contribution in [1.82, 2.24) is 9.88 Å². The maximum absolute atomic E-state index is 13.6. The lowest BCUT2D eigenvalue weighted by atomic mass is 10.1. The number of nitrogens with one attached hydrogen (secondary N) is 1. The summed E-state index contributed by atoms with van der Waals surface area (Å²) in [6, 6.07) is 14.4. The first-order valence-electron chi connectivity index (χ1n) is 10.1. The van der Waals surface area contributed by atoms with Crippen LogP contribution in [0.5, 0.6) is 0 Å². The molecule has 6 nitrogen and oxygen atoms in total. The lowest BCUT2D eigenvalue weighted by Crippen LogP contribution is -2.60. The number of rotatable bonds is 3. The minimum Gasteiger partial charge on any atom is -0.351 e. The van der Waals surface area contributed by atoms with Gasteiger partial charge in [-0.1, -0.05) is 42.6 Å². The van der Waals surface area contributed by atoms with Crippen LogP contribution in [0, 0.1) is 0 Å². The first-order chi connectivity index (χ1) is 14.5. The molecule has 2 aromatic carbocycles. The molecule has 1 N–H and O–H groups in total. The summed E-state index contributed by atoms with van der Waals surface area (Å²) in [6.45, 7) is 0. The lowest BCUT2D eigenvalue weighted by molar-refractivity contribution is -0.122. The molecule has 0 radical (unpaired) electrons. The van der Waals surface area contributed by atoms with E-state index in [1.165, 1.54) is 9.47 Å². The number of benzene rings is 2. The van der Waals surface area contributed by atoms with Gasteiger partial charge in [-0.05, 0) is 49.2 Å². The summed E-state index contributed by atoms with van der Waals surface area (Å²) in [5.41, 5.74) is 1.31. The Balaban J connectivity index is 1.64. The van der Waals surface area contributed by atoms with Crippen molar-refractivity contribution in [3.8, 4) is 0 Å². The van der Waals surface area contributed by atoms with Crippen LogP contribution in [0.1, 0.15) is 41.0 Å². The molecule has 0 saturated heterocycles. The summed E-state index contributed by atoms with van der Waals surface area (Å²) in [5.74, 6) is -1.27. The maximum atomic E-state index is 13.6. The SMILES string of the molecule is O=C(NC1CCCC1)C1C(=O)n2c(cc3cc(Cl)ccc32)C(=O)N1c1ccccc1. The van der Waals surface area contributed by atoms with E-state index in [0.29, 0.717) is 21.6 Å². The number of nitrogens with zero attached hydrogens (tertiary/aromatic N) is 2. The van der Waals surface area contributed by atoms with Crippen LogP contribution in [0.4, 0.5) is 5.69 Å². The fourth-order valence-corrected chi connectivity index (χ4v) is 4.67. The Morgan fingerprint density at radius 1 is 1.00 bits per heavy atom. The van der Waals surface area contributed by atoms with Crippen molar-refractivity contribution in [2.45, 2.75) is 37.8 Å². The van der Waals surface area contributed by atoms with Crippen LogP contribution in [0.25, 0.3) is 10.9 Å². The van der Waals surface area contributed by atoms with E-state index in [4.69, 9.17) is 11.6 Å². The molecule has 0 spiro atoms. The Morgan fingerprint density at radius 2 is 1.73 bits per heavy atom. The van der Waals surface area contributed by atoms with Gasteiger partial charge in [-0.15, -0.1) is 0 Å². The zero-order valence-corrected chi connectivity index (χ0v) is 16.9. The Bertz CT molecular complexity index is 1170. The molecule has 152 valence electrons. The van der Waals surface area contributed by atoms with E-state index in [0.717, 1.165) is 25.7 Å². The van der Waals surface area contributed by atoms with Crippen LogP contribution < -0.4 is 10.2 Å². The van der Waals surface area contributed by atoms with Gasteiger partial charge in [0.1, 0.15) is 5.69 Å². The van der Waals surface area contributed by atoms with E-state index >= 15 is 0 Å². The predicted molar refractivity (Wildman–Crippen MR) is 115 cm³/mol. The number of halogens is 1. The van der Waals surface area contributed by atoms with Gasteiger partial charge in [0.2, 0.25) is 0 Å². The molecule has 0 bridgehead atoms. The number of fused-ring (bicyclic) bond motifs is 3. The molecule has 7 heteroatoms. The fraction of sp³-hybridized carbons (Fsp3) is 0.261. The zero-order valence-electron chi connectivity index (χ0n) is 16.2. The van der Waals surface area contributed by atoms with Gasteiger partial charge in [0, 0.05) is 22.1 Å². The van der Waals surface area contributed by atoms with Crippen molar-refractivity contribution in [1.29, 1.82) is 0 Å². The smallest absolute Gasteiger partial charge is 0.276 e. The van der Waals surface area contributed by atoms with Crippen molar-refractivity contribution in [3.63, 3.8) is 0 Å². The van der Waals surface area contributed by atoms with Crippen molar-refractivity contribution < 1.29 is 14.4 Å². The molecule has 1 fully saturated rings. The molecule has 1 aliphatic carbocycles. The highest BCUT2D eigenvalue weighted by molar-refractivity contribution is 6.31. The van der Waals surface area contributed by atoms with Crippen LogP contribution in [0.2, 0.25) is 5.02 Å². The maximum Gasteiger partial charge on any atom is 0.276 e. The molecule has 30 heavy (non-hydrogen) atoms. The molecule has 2 heterocycles. The number of amides is 2. The van der Waals surface area contributed by atoms with Crippen molar-refractivity contribution in [2.24, 2.45) is 0 Å². The normalized spacial score (nSPS) is 19.4. The van der Waals surface area contributed by atoms with E-state index in [2.05, 4.69) is 5.32 Å². The van der Waals surface area contributed by atoms with E-state index in [1.807, 2.05) is 6.07 Å². The molecule has 1 saturated carbocycles. The van der Waals surface area contributed by atoms with E-state index in [9.17, 15) is 14.4 Å². The topological polar surface area (TPSA) is 71.4 Å². The monoisotopic (exact) mass is 421 g/mol. The fourth-order valence-electron chi connectivity index (χ4n) is 4.49. The quantitative estimate of drug-likeness (QED) is 0.649. The van der Waals surface area contributed by atoms with Gasteiger partial charge in [0.15, 0.2) is 6.04 Å². The lowest BCUT2D eigenvalue weighted by Gasteiger charge is -2.35. The Labute approximate surface area is 178 Å². The average molecular weight is 422 g/mol. The van der Waals surface area contributed by atoms with Gasteiger partial charge in [-0.2, -0.15) is 0 Å². The molecule has 1 aromatic heterocycles. The minimum absolute atomic E-state index is 0.0413. The molecule has 1 aliphatic heterocycles. The highest BCUT2D eigenvalue weighted by atomic mass is 35.5.